The minimum absolute atomic E-state index is 0.0845. The van der Waals surface area contributed by atoms with E-state index in [0.29, 0.717) is 28.8 Å². The largest absolute Gasteiger partial charge is 0.397 e. The SMILES string of the molecule is NC1CC1.Nc1ccc(Cl)cc1NC1CC1.O=[N+]([O-])c1ccc(Cl)cc1F.O=[N+]([O-])c1ccc(Cl)cc1NC1CC1. The van der Waals surface area contributed by atoms with Crippen molar-refractivity contribution in [2.24, 2.45) is 5.73 Å². The highest BCUT2D eigenvalue weighted by molar-refractivity contribution is 6.31. The molecule has 3 fully saturated rings. The van der Waals surface area contributed by atoms with Crippen molar-refractivity contribution in [2.45, 2.75) is 56.7 Å². The van der Waals surface area contributed by atoms with E-state index >= 15 is 0 Å². The van der Waals surface area contributed by atoms with Gasteiger partial charge in [-0.15, -0.1) is 0 Å². The van der Waals surface area contributed by atoms with E-state index in [0.717, 1.165) is 41.4 Å². The van der Waals surface area contributed by atoms with E-state index in [2.05, 4.69) is 10.6 Å². The molecule has 0 unspecified atom stereocenters. The van der Waals surface area contributed by atoms with Gasteiger partial charge in [0.05, 0.1) is 21.2 Å². The maximum absolute atomic E-state index is 12.6. The number of nitro groups is 2. The number of nitrogens with zero attached hydrogens (tertiary/aromatic N) is 2. The minimum Gasteiger partial charge on any atom is -0.397 e. The molecule has 0 heterocycles. The highest BCUT2D eigenvalue weighted by Crippen LogP contribution is 2.33. The lowest BCUT2D eigenvalue weighted by Gasteiger charge is -2.07. The van der Waals surface area contributed by atoms with Gasteiger partial charge in [0.15, 0.2) is 0 Å². The second kappa shape index (κ2) is 15.0. The van der Waals surface area contributed by atoms with Gasteiger partial charge in [-0.1, -0.05) is 34.8 Å². The maximum Gasteiger partial charge on any atom is 0.304 e. The average molecular weight is 628 g/mol. The molecular formula is C27H30Cl3FN6O4. The van der Waals surface area contributed by atoms with Crippen molar-refractivity contribution in [3.05, 3.63) is 95.7 Å². The Morgan fingerprint density at radius 2 is 1.12 bits per heavy atom. The number of hydrogen-bond donors (Lipinski definition) is 4. The van der Waals surface area contributed by atoms with E-state index in [1.165, 1.54) is 43.9 Å². The quantitative estimate of drug-likeness (QED) is 0.122. The van der Waals surface area contributed by atoms with Crippen LogP contribution in [0.25, 0.3) is 0 Å². The summed E-state index contributed by atoms with van der Waals surface area (Å²) in [5.41, 5.74) is 12.7. The van der Waals surface area contributed by atoms with Gasteiger partial charge in [-0.25, -0.2) is 0 Å². The number of benzene rings is 3. The molecule has 3 aliphatic rings. The number of nitrogen functional groups attached to an aromatic ring is 1. The topological polar surface area (TPSA) is 162 Å². The van der Waals surface area contributed by atoms with Crippen LogP contribution in [-0.4, -0.2) is 28.0 Å². The Kier molecular flexibility index (Phi) is 11.8. The summed E-state index contributed by atoms with van der Waals surface area (Å²) in [6.45, 7) is 0. The third kappa shape index (κ3) is 11.9. The summed E-state index contributed by atoms with van der Waals surface area (Å²) in [6, 6.07) is 14.8. The molecule has 0 bridgehead atoms. The number of halogens is 4. The van der Waals surface area contributed by atoms with Gasteiger partial charge in [-0.2, -0.15) is 4.39 Å². The normalized spacial score (nSPS) is 15.0. The lowest BCUT2D eigenvalue weighted by molar-refractivity contribution is -0.387. The van der Waals surface area contributed by atoms with Crippen LogP contribution < -0.4 is 22.1 Å². The summed E-state index contributed by atoms with van der Waals surface area (Å²) >= 11 is 16.9. The van der Waals surface area contributed by atoms with Gasteiger partial charge < -0.3 is 22.1 Å². The Labute approximate surface area is 251 Å². The van der Waals surface area contributed by atoms with E-state index in [-0.39, 0.29) is 10.7 Å². The Hall–Kier alpha value is -3.38. The highest BCUT2D eigenvalue weighted by Gasteiger charge is 2.25. The Morgan fingerprint density at radius 1 is 0.707 bits per heavy atom. The van der Waals surface area contributed by atoms with Crippen LogP contribution in [0.1, 0.15) is 38.5 Å². The predicted octanol–water partition coefficient (Wildman–Crippen LogP) is 7.81. The zero-order valence-corrected chi connectivity index (χ0v) is 24.1. The molecule has 0 radical (unpaired) electrons. The molecule has 3 aromatic rings. The number of hydrogen-bond acceptors (Lipinski definition) is 8. The summed E-state index contributed by atoms with van der Waals surface area (Å²) in [7, 11) is 0. The molecule has 0 aliphatic heterocycles. The summed E-state index contributed by atoms with van der Waals surface area (Å²) in [4.78, 5) is 19.5. The van der Waals surface area contributed by atoms with Crippen LogP contribution in [0.4, 0.5) is 32.8 Å². The Balaban J connectivity index is 0.000000159. The van der Waals surface area contributed by atoms with E-state index < -0.39 is 21.4 Å². The molecule has 6 rings (SSSR count). The number of nitro benzene ring substituents is 2. The summed E-state index contributed by atoms with van der Waals surface area (Å²) in [5.74, 6) is -0.914. The lowest BCUT2D eigenvalue weighted by atomic mass is 10.2. The third-order valence-electron chi connectivity index (χ3n) is 5.77. The van der Waals surface area contributed by atoms with Gasteiger partial charge in [0, 0.05) is 45.3 Å². The third-order valence-corrected chi connectivity index (χ3v) is 6.48. The van der Waals surface area contributed by atoms with Gasteiger partial charge >= 0.3 is 5.69 Å². The fraction of sp³-hybridized carbons (Fsp3) is 0.333. The van der Waals surface area contributed by atoms with Crippen LogP contribution in [0.2, 0.25) is 15.1 Å². The van der Waals surface area contributed by atoms with E-state index in [9.17, 15) is 24.6 Å². The van der Waals surface area contributed by atoms with Crippen molar-refractivity contribution in [3.8, 4) is 0 Å². The monoisotopic (exact) mass is 626 g/mol. The van der Waals surface area contributed by atoms with Crippen molar-refractivity contribution in [1.82, 2.24) is 0 Å². The first-order chi connectivity index (χ1) is 19.4. The first-order valence-corrected chi connectivity index (χ1v) is 13.9. The molecule has 14 heteroatoms. The molecule has 0 saturated heterocycles. The molecule has 0 aromatic heterocycles. The smallest absolute Gasteiger partial charge is 0.304 e. The zero-order chi connectivity index (χ0) is 30.1. The molecule has 3 aromatic carbocycles. The summed E-state index contributed by atoms with van der Waals surface area (Å²) in [5, 5.41) is 28.5. The Morgan fingerprint density at radius 3 is 1.56 bits per heavy atom. The molecule has 10 nitrogen and oxygen atoms in total. The fourth-order valence-electron chi connectivity index (χ4n) is 3.06. The first kappa shape index (κ1) is 32.1. The highest BCUT2D eigenvalue weighted by atomic mass is 35.5. The molecule has 0 atom stereocenters. The zero-order valence-electron chi connectivity index (χ0n) is 21.9. The van der Waals surface area contributed by atoms with Crippen LogP contribution >= 0.6 is 34.8 Å². The molecule has 3 saturated carbocycles. The minimum atomic E-state index is -0.914. The van der Waals surface area contributed by atoms with Gasteiger partial charge in [0.1, 0.15) is 5.69 Å². The van der Waals surface area contributed by atoms with Crippen LogP contribution in [0.3, 0.4) is 0 Å². The van der Waals surface area contributed by atoms with Crippen molar-refractivity contribution in [2.75, 3.05) is 16.4 Å². The van der Waals surface area contributed by atoms with Crippen molar-refractivity contribution < 1.29 is 14.2 Å². The number of rotatable bonds is 6. The molecule has 3 aliphatic carbocycles. The lowest BCUT2D eigenvalue weighted by Crippen LogP contribution is -2.03. The first-order valence-electron chi connectivity index (χ1n) is 12.8. The van der Waals surface area contributed by atoms with Gasteiger partial charge in [0.25, 0.3) is 5.69 Å². The van der Waals surface area contributed by atoms with Gasteiger partial charge in [-0.05, 0) is 81.0 Å². The van der Waals surface area contributed by atoms with Gasteiger partial charge in [-0.3, -0.25) is 20.2 Å². The standard InChI is InChI=1S/C9H9ClN2O2.C9H11ClN2.C6H3ClFNO2.C3H7N/c10-6-1-4-9(12(13)14)8(5-6)11-7-2-3-7;10-6-1-4-8(11)9(5-6)12-7-2-3-7;7-4-1-2-6(9(10)11)5(8)3-4;4-3-1-2-3/h1,4-5,7,11H,2-3H2;1,4-5,7,12H,2-3,11H2;1-3H;3H,1-2,4H2. The summed E-state index contributed by atoms with van der Waals surface area (Å²) in [6.07, 6.45) is 7.16. The summed E-state index contributed by atoms with van der Waals surface area (Å²) < 4.78 is 12.6. The van der Waals surface area contributed by atoms with Crippen LogP contribution in [-0.2, 0) is 0 Å². The molecule has 220 valence electrons. The second-order valence-corrected chi connectivity index (χ2v) is 11.0. The molecular weight excluding hydrogens is 598 g/mol. The van der Waals surface area contributed by atoms with Crippen molar-refractivity contribution >= 4 is 63.2 Å². The Bertz CT molecular complexity index is 1370. The number of nitrogens with one attached hydrogen (secondary N) is 2. The molecule has 6 N–H and O–H groups in total. The van der Waals surface area contributed by atoms with Gasteiger partial charge in [0.2, 0.25) is 5.82 Å². The maximum atomic E-state index is 12.6. The second-order valence-electron chi connectivity index (χ2n) is 9.68. The van der Waals surface area contributed by atoms with Crippen LogP contribution in [0.5, 0.6) is 0 Å². The van der Waals surface area contributed by atoms with Crippen molar-refractivity contribution in [3.63, 3.8) is 0 Å². The van der Waals surface area contributed by atoms with Crippen LogP contribution in [0.15, 0.2) is 54.6 Å². The van der Waals surface area contributed by atoms with E-state index in [1.54, 1.807) is 12.1 Å². The molecule has 41 heavy (non-hydrogen) atoms. The van der Waals surface area contributed by atoms with E-state index in [4.69, 9.17) is 46.3 Å². The number of nitrogens with two attached hydrogens (primary N) is 2. The predicted molar refractivity (Wildman–Crippen MR) is 163 cm³/mol. The fourth-order valence-corrected chi connectivity index (χ4v) is 3.56. The molecule has 0 spiro atoms. The molecule has 0 amide bonds. The van der Waals surface area contributed by atoms with E-state index in [1.807, 2.05) is 12.1 Å². The van der Waals surface area contributed by atoms with Crippen molar-refractivity contribution in [1.29, 1.82) is 0 Å². The number of anilines is 3. The van der Waals surface area contributed by atoms with Crippen LogP contribution in [0, 0.1) is 26.0 Å². The average Bonchev–Trinajstić information content (AvgIpc) is 3.74.